The summed E-state index contributed by atoms with van der Waals surface area (Å²) in [5.41, 5.74) is 0. The van der Waals surface area contributed by atoms with E-state index >= 15 is 0 Å². The fourth-order valence-electron chi connectivity index (χ4n) is 1.42. The van der Waals surface area contributed by atoms with Crippen LogP contribution in [0.1, 0.15) is 20.3 Å². The van der Waals surface area contributed by atoms with E-state index in [0.717, 1.165) is 5.75 Å². The van der Waals surface area contributed by atoms with Gasteiger partial charge in [0.15, 0.2) is 0 Å². The molecular weight excluding hydrogens is 246 g/mol. The van der Waals surface area contributed by atoms with Crippen molar-refractivity contribution in [1.82, 2.24) is 5.32 Å². The molecule has 19 heavy (non-hydrogen) atoms. The van der Waals surface area contributed by atoms with E-state index in [1.165, 1.54) is 6.92 Å². The molecule has 0 heterocycles. The zero-order chi connectivity index (χ0) is 14.3. The topological polar surface area (TPSA) is 75.6 Å². The van der Waals surface area contributed by atoms with Crippen LogP contribution in [0, 0.1) is 5.92 Å². The Hall–Kier alpha value is -2.04. The molecule has 2 atom stereocenters. The molecule has 1 unspecified atom stereocenters. The van der Waals surface area contributed by atoms with E-state index in [2.05, 4.69) is 5.32 Å². The number of carbonyl (C=O) groups excluding carboxylic acids is 1. The van der Waals surface area contributed by atoms with E-state index in [0.29, 0.717) is 13.0 Å². The predicted octanol–water partition coefficient (Wildman–Crippen LogP) is 1.68. The fourth-order valence-corrected chi connectivity index (χ4v) is 1.42. The first kappa shape index (κ1) is 15.0. The molecule has 0 saturated carbocycles. The number of amides is 1. The van der Waals surface area contributed by atoms with Crippen LogP contribution in [0.5, 0.6) is 5.75 Å². The van der Waals surface area contributed by atoms with Crippen molar-refractivity contribution in [1.29, 1.82) is 0 Å². The average Bonchev–Trinajstić information content (AvgIpc) is 2.39. The molecule has 1 amide bonds. The lowest BCUT2D eigenvalue weighted by molar-refractivity contribution is -0.141. The SMILES string of the molecule is CC(CCOc1ccccc1)C(=O)N[C@H](C)C(=O)O. The maximum Gasteiger partial charge on any atom is 0.325 e. The molecule has 0 aliphatic carbocycles. The number of ether oxygens (including phenoxy) is 1. The third-order valence-electron chi connectivity index (χ3n) is 2.74. The Balaban J connectivity index is 2.29. The van der Waals surface area contributed by atoms with Gasteiger partial charge in [-0.1, -0.05) is 25.1 Å². The Morgan fingerprint density at radius 2 is 1.89 bits per heavy atom. The number of carboxylic acid groups (broad SMARTS) is 1. The van der Waals surface area contributed by atoms with Gasteiger partial charge >= 0.3 is 5.97 Å². The van der Waals surface area contributed by atoms with Crippen molar-refractivity contribution in [3.63, 3.8) is 0 Å². The van der Waals surface area contributed by atoms with Gasteiger partial charge in [0.05, 0.1) is 6.61 Å². The van der Waals surface area contributed by atoms with E-state index in [9.17, 15) is 9.59 Å². The first-order chi connectivity index (χ1) is 9.00. The van der Waals surface area contributed by atoms with Crippen LogP contribution in [0.4, 0.5) is 0 Å². The number of aliphatic carboxylic acids is 1. The minimum absolute atomic E-state index is 0.272. The number of carbonyl (C=O) groups is 2. The number of carboxylic acids is 1. The minimum Gasteiger partial charge on any atom is -0.494 e. The van der Waals surface area contributed by atoms with E-state index < -0.39 is 12.0 Å². The lowest BCUT2D eigenvalue weighted by atomic mass is 10.1. The quantitative estimate of drug-likeness (QED) is 0.786. The van der Waals surface area contributed by atoms with Crippen LogP contribution < -0.4 is 10.1 Å². The van der Waals surface area contributed by atoms with Gasteiger partial charge in [0, 0.05) is 5.92 Å². The normalized spacial score (nSPS) is 13.4. The zero-order valence-corrected chi connectivity index (χ0v) is 11.1. The second-order valence-corrected chi connectivity index (χ2v) is 4.42. The molecule has 2 N–H and O–H groups in total. The number of para-hydroxylation sites is 1. The molecule has 0 radical (unpaired) electrons. The van der Waals surface area contributed by atoms with Crippen molar-refractivity contribution in [2.24, 2.45) is 5.92 Å². The number of rotatable bonds is 7. The molecule has 0 spiro atoms. The summed E-state index contributed by atoms with van der Waals surface area (Å²) in [4.78, 5) is 22.3. The summed E-state index contributed by atoms with van der Waals surface area (Å²) in [6, 6.07) is 8.47. The zero-order valence-electron chi connectivity index (χ0n) is 11.1. The Morgan fingerprint density at radius 3 is 2.47 bits per heavy atom. The van der Waals surface area contributed by atoms with Gasteiger partial charge < -0.3 is 15.2 Å². The molecule has 0 aliphatic heterocycles. The van der Waals surface area contributed by atoms with Crippen LogP contribution in [-0.4, -0.2) is 29.6 Å². The number of benzene rings is 1. The van der Waals surface area contributed by atoms with Crippen molar-refractivity contribution >= 4 is 11.9 Å². The highest BCUT2D eigenvalue weighted by molar-refractivity contribution is 5.84. The second kappa shape index (κ2) is 7.41. The van der Waals surface area contributed by atoms with Crippen molar-refractivity contribution in [2.75, 3.05) is 6.61 Å². The molecule has 104 valence electrons. The lowest BCUT2D eigenvalue weighted by Gasteiger charge is -2.15. The van der Waals surface area contributed by atoms with Gasteiger partial charge in [0.25, 0.3) is 0 Å². The van der Waals surface area contributed by atoms with Crippen molar-refractivity contribution < 1.29 is 19.4 Å². The third-order valence-corrected chi connectivity index (χ3v) is 2.74. The van der Waals surface area contributed by atoms with Gasteiger partial charge in [-0.3, -0.25) is 9.59 Å². The van der Waals surface area contributed by atoms with Gasteiger partial charge in [-0.15, -0.1) is 0 Å². The van der Waals surface area contributed by atoms with Crippen LogP contribution in [0.2, 0.25) is 0 Å². The molecule has 5 heteroatoms. The van der Waals surface area contributed by atoms with Gasteiger partial charge in [-0.2, -0.15) is 0 Å². The minimum atomic E-state index is -1.04. The molecular formula is C14H19NO4. The highest BCUT2D eigenvalue weighted by atomic mass is 16.5. The second-order valence-electron chi connectivity index (χ2n) is 4.42. The van der Waals surface area contributed by atoms with Crippen LogP contribution in [-0.2, 0) is 9.59 Å². The molecule has 0 fully saturated rings. The standard InChI is InChI=1S/C14H19NO4/c1-10(13(16)15-11(2)14(17)18)8-9-19-12-6-4-3-5-7-12/h3-7,10-11H,8-9H2,1-2H3,(H,15,16)(H,17,18)/t10?,11-/m1/s1. The number of nitrogens with one attached hydrogen (secondary N) is 1. The smallest absolute Gasteiger partial charge is 0.325 e. The van der Waals surface area contributed by atoms with Crippen LogP contribution in [0.3, 0.4) is 0 Å². The van der Waals surface area contributed by atoms with Crippen molar-refractivity contribution in [2.45, 2.75) is 26.3 Å². The lowest BCUT2D eigenvalue weighted by Crippen LogP contribution is -2.41. The molecule has 0 aliphatic rings. The summed E-state index contributed by atoms with van der Waals surface area (Å²) in [5, 5.41) is 11.1. The first-order valence-electron chi connectivity index (χ1n) is 6.21. The first-order valence-corrected chi connectivity index (χ1v) is 6.21. The number of hydrogen-bond acceptors (Lipinski definition) is 3. The number of hydrogen-bond donors (Lipinski definition) is 2. The molecule has 1 aromatic rings. The van der Waals surface area contributed by atoms with Gasteiger partial charge in [0.1, 0.15) is 11.8 Å². The average molecular weight is 265 g/mol. The Labute approximate surface area is 112 Å². The van der Waals surface area contributed by atoms with E-state index in [4.69, 9.17) is 9.84 Å². The Bertz CT molecular complexity index is 419. The summed E-state index contributed by atoms with van der Waals surface area (Å²) in [5.74, 6) is -0.841. The highest BCUT2D eigenvalue weighted by Crippen LogP contribution is 2.10. The van der Waals surface area contributed by atoms with Gasteiger partial charge in [-0.05, 0) is 25.5 Å². The van der Waals surface area contributed by atoms with Gasteiger partial charge in [0.2, 0.25) is 5.91 Å². The summed E-state index contributed by atoms with van der Waals surface area (Å²) in [6.07, 6.45) is 0.535. The highest BCUT2D eigenvalue weighted by Gasteiger charge is 2.18. The molecule has 5 nitrogen and oxygen atoms in total. The summed E-state index contributed by atoms with van der Waals surface area (Å²) in [6.45, 7) is 3.60. The Morgan fingerprint density at radius 1 is 1.26 bits per heavy atom. The maximum absolute atomic E-state index is 11.7. The molecule has 1 aromatic carbocycles. The molecule has 1 rings (SSSR count). The monoisotopic (exact) mass is 265 g/mol. The molecule has 0 aromatic heterocycles. The van der Waals surface area contributed by atoms with Crippen LogP contribution in [0.25, 0.3) is 0 Å². The van der Waals surface area contributed by atoms with E-state index in [-0.39, 0.29) is 11.8 Å². The van der Waals surface area contributed by atoms with E-state index in [1.807, 2.05) is 30.3 Å². The van der Waals surface area contributed by atoms with E-state index in [1.54, 1.807) is 6.92 Å². The summed E-state index contributed by atoms with van der Waals surface area (Å²) < 4.78 is 5.48. The van der Waals surface area contributed by atoms with Crippen LogP contribution >= 0.6 is 0 Å². The van der Waals surface area contributed by atoms with Crippen molar-refractivity contribution in [3.05, 3.63) is 30.3 Å². The fraction of sp³-hybridized carbons (Fsp3) is 0.429. The van der Waals surface area contributed by atoms with Crippen molar-refractivity contribution in [3.8, 4) is 5.75 Å². The van der Waals surface area contributed by atoms with Crippen LogP contribution in [0.15, 0.2) is 30.3 Å². The predicted molar refractivity (Wildman–Crippen MR) is 71.0 cm³/mol. The molecule has 0 saturated heterocycles. The maximum atomic E-state index is 11.7. The largest absolute Gasteiger partial charge is 0.494 e. The summed E-state index contributed by atoms with van der Waals surface area (Å²) in [7, 11) is 0. The molecule has 0 bridgehead atoms. The third kappa shape index (κ3) is 5.42. The summed E-state index contributed by atoms with van der Waals surface area (Å²) >= 11 is 0. The van der Waals surface area contributed by atoms with Gasteiger partial charge in [-0.25, -0.2) is 0 Å². The Kier molecular flexibility index (Phi) is 5.85.